The molecule has 1 atom stereocenters. The zero-order valence-corrected chi connectivity index (χ0v) is 9.24. The number of amides is 1. The van der Waals surface area contributed by atoms with E-state index in [0.29, 0.717) is 11.4 Å². The Bertz CT molecular complexity index is 408. The molecule has 5 nitrogen and oxygen atoms in total. The van der Waals surface area contributed by atoms with E-state index >= 15 is 0 Å². The normalized spacial score (nSPS) is 22.5. The molecule has 15 heavy (non-hydrogen) atoms. The van der Waals surface area contributed by atoms with Gasteiger partial charge in [0.25, 0.3) is 5.91 Å². The third kappa shape index (κ3) is 1.69. The molecule has 82 valence electrons. The molecule has 0 spiro atoms. The highest BCUT2D eigenvalue weighted by atomic mass is 16.1. The Morgan fingerprint density at radius 3 is 2.73 bits per heavy atom. The van der Waals surface area contributed by atoms with Gasteiger partial charge < -0.3 is 11.1 Å². The number of carbonyl (C=O) groups excluding carboxylic acids is 1. The van der Waals surface area contributed by atoms with Gasteiger partial charge in [-0.2, -0.15) is 5.10 Å². The van der Waals surface area contributed by atoms with Crippen molar-refractivity contribution in [3.63, 3.8) is 0 Å². The average molecular weight is 208 g/mol. The van der Waals surface area contributed by atoms with E-state index in [1.807, 2.05) is 0 Å². The number of nitrogens with two attached hydrogens (primary N) is 1. The van der Waals surface area contributed by atoms with Gasteiger partial charge in [-0.05, 0) is 11.8 Å². The van der Waals surface area contributed by atoms with Crippen LogP contribution in [0.5, 0.6) is 0 Å². The molecule has 1 fully saturated rings. The van der Waals surface area contributed by atoms with Crippen LogP contribution >= 0.6 is 0 Å². The number of nitrogens with zero attached hydrogens (tertiary/aromatic N) is 2. The van der Waals surface area contributed by atoms with Crippen LogP contribution in [0, 0.1) is 5.41 Å². The van der Waals surface area contributed by atoms with Gasteiger partial charge in [0.2, 0.25) is 0 Å². The molecular formula is C10H16N4O. The van der Waals surface area contributed by atoms with Gasteiger partial charge in [-0.25, -0.2) is 0 Å². The number of nitrogens with one attached hydrogen (secondary N) is 1. The van der Waals surface area contributed by atoms with Gasteiger partial charge >= 0.3 is 0 Å². The molecule has 0 radical (unpaired) electrons. The molecule has 3 N–H and O–H groups in total. The van der Waals surface area contributed by atoms with Gasteiger partial charge in [0.05, 0.1) is 6.20 Å². The lowest BCUT2D eigenvalue weighted by Crippen LogP contribution is -2.28. The van der Waals surface area contributed by atoms with Crippen LogP contribution in [0.1, 0.15) is 30.6 Å². The standard InChI is InChI=1S/C10H16N4O/c1-10(2)4-7(10)13-9(15)6-5-12-14(3)8(6)11/h5,7H,4,11H2,1-3H3,(H,13,15). The minimum Gasteiger partial charge on any atom is -0.383 e. The maximum atomic E-state index is 11.8. The number of aryl methyl sites for hydroxylation is 1. The Balaban J connectivity index is 2.06. The zero-order chi connectivity index (χ0) is 11.2. The lowest BCUT2D eigenvalue weighted by Gasteiger charge is -2.05. The van der Waals surface area contributed by atoms with E-state index in [2.05, 4.69) is 24.3 Å². The second-order valence-electron chi connectivity index (χ2n) is 4.79. The highest BCUT2D eigenvalue weighted by Gasteiger charge is 2.46. The van der Waals surface area contributed by atoms with Crippen molar-refractivity contribution >= 4 is 11.7 Å². The van der Waals surface area contributed by atoms with Crippen molar-refractivity contribution in [2.24, 2.45) is 12.5 Å². The zero-order valence-electron chi connectivity index (χ0n) is 9.24. The van der Waals surface area contributed by atoms with Gasteiger partial charge in [0.15, 0.2) is 0 Å². The van der Waals surface area contributed by atoms with Crippen LogP contribution in [-0.2, 0) is 7.05 Å². The summed E-state index contributed by atoms with van der Waals surface area (Å²) >= 11 is 0. The molecular weight excluding hydrogens is 192 g/mol. The number of carbonyl (C=O) groups is 1. The topological polar surface area (TPSA) is 72.9 Å². The molecule has 1 aliphatic rings. The van der Waals surface area contributed by atoms with Gasteiger partial charge in [-0.15, -0.1) is 0 Å². The van der Waals surface area contributed by atoms with Crippen molar-refractivity contribution in [3.8, 4) is 0 Å². The molecule has 0 bridgehead atoms. The number of hydrogen-bond acceptors (Lipinski definition) is 3. The van der Waals surface area contributed by atoms with E-state index in [-0.39, 0.29) is 17.4 Å². The second kappa shape index (κ2) is 2.98. The van der Waals surface area contributed by atoms with Crippen LogP contribution in [0.25, 0.3) is 0 Å². The first kappa shape index (κ1) is 10.0. The molecule has 0 aromatic carbocycles. The van der Waals surface area contributed by atoms with Gasteiger partial charge in [0.1, 0.15) is 11.4 Å². The molecule has 1 unspecified atom stereocenters. The fraction of sp³-hybridized carbons (Fsp3) is 0.600. The number of anilines is 1. The number of nitrogen functional groups attached to an aromatic ring is 1. The fourth-order valence-corrected chi connectivity index (χ4v) is 1.57. The Morgan fingerprint density at radius 1 is 1.73 bits per heavy atom. The van der Waals surface area contributed by atoms with Gasteiger partial charge in [-0.3, -0.25) is 9.48 Å². The first-order chi connectivity index (χ1) is 6.92. The van der Waals surface area contributed by atoms with Crippen molar-refractivity contribution < 1.29 is 4.79 Å². The minimum atomic E-state index is -0.129. The summed E-state index contributed by atoms with van der Waals surface area (Å²) in [6, 6.07) is 0.268. The molecule has 2 rings (SSSR count). The van der Waals surface area contributed by atoms with Crippen LogP contribution in [0.3, 0.4) is 0 Å². The summed E-state index contributed by atoms with van der Waals surface area (Å²) < 4.78 is 1.49. The molecule has 1 amide bonds. The molecule has 1 saturated carbocycles. The van der Waals surface area contributed by atoms with Crippen LogP contribution in [-0.4, -0.2) is 21.7 Å². The monoisotopic (exact) mass is 208 g/mol. The summed E-state index contributed by atoms with van der Waals surface area (Å²) in [5.41, 5.74) is 6.39. The second-order valence-corrected chi connectivity index (χ2v) is 4.79. The summed E-state index contributed by atoms with van der Waals surface area (Å²) in [5.74, 6) is 0.280. The van der Waals surface area contributed by atoms with Gasteiger partial charge in [0, 0.05) is 13.1 Å². The molecule has 1 aromatic rings. The smallest absolute Gasteiger partial charge is 0.256 e. The molecule has 1 aromatic heterocycles. The van der Waals surface area contributed by atoms with E-state index in [1.54, 1.807) is 7.05 Å². The predicted octanol–water partition coefficient (Wildman–Crippen LogP) is 0.531. The van der Waals surface area contributed by atoms with Crippen molar-refractivity contribution in [1.29, 1.82) is 0 Å². The maximum Gasteiger partial charge on any atom is 0.256 e. The minimum absolute atomic E-state index is 0.129. The lowest BCUT2D eigenvalue weighted by atomic mass is 10.2. The maximum absolute atomic E-state index is 11.8. The first-order valence-corrected chi connectivity index (χ1v) is 5.00. The number of hydrogen-bond donors (Lipinski definition) is 2. The predicted molar refractivity (Wildman–Crippen MR) is 57.3 cm³/mol. The first-order valence-electron chi connectivity index (χ1n) is 5.00. The van der Waals surface area contributed by atoms with E-state index in [4.69, 9.17) is 5.73 Å². The summed E-state index contributed by atoms with van der Waals surface area (Å²) in [6.45, 7) is 4.26. The highest BCUT2D eigenvalue weighted by Crippen LogP contribution is 2.44. The number of aromatic nitrogens is 2. The number of rotatable bonds is 2. The van der Waals surface area contributed by atoms with Crippen LogP contribution in [0.15, 0.2) is 6.20 Å². The Labute approximate surface area is 88.6 Å². The Morgan fingerprint density at radius 2 is 2.33 bits per heavy atom. The summed E-state index contributed by atoms with van der Waals surface area (Å²) in [5, 5.41) is 6.87. The van der Waals surface area contributed by atoms with Crippen LogP contribution in [0.2, 0.25) is 0 Å². The summed E-state index contributed by atoms with van der Waals surface area (Å²) in [7, 11) is 1.72. The fourth-order valence-electron chi connectivity index (χ4n) is 1.57. The largest absolute Gasteiger partial charge is 0.383 e. The average Bonchev–Trinajstić information content (AvgIpc) is 2.57. The lowest BCUT2D eigenvalue weighted by molar-refractivity contribution is 0.0947. The van der Waals surface area contributed by atoms with E-state index in [1.165, 1.54) is 10.9 Å². The van der Waals surface area contributed by atoms with Crippen LogP contribution < -0.4 is 11.1 Å². The molecule has 0 aliphatic heterocycles. The summed E-state index contributed by atoms with van der Waals surface area (Å²) in [6.07, 6.45) is 2.53. The van der Waals surface area contributed by atoms with E-state index < -0.39 is 0 Å². The van der Waals surface area contributed by atoms with Gasteiger partial charge in [-0.1, -0.05) is 13.8 Å². The third-order valence-corrected chi connectivity index (χ3v) is 3.05. The van der Waals surface area contributed by atoms with Crippen molar-refractivity contribution in [2.75, 3.05) is 5.73 Å². The quantitative estimate of drug-likeness (QED) is 0.744. The van der Waals surface area contributed by atoms with E-state index in [0.717, 1.165) is 6.42 Å². The van der Waals surface area contributed by atoms with Crippen molar-refractivity contribution in [2.45, 2.75) is 26.3 Å². The SMILES string of the molecule is Cn1ncc(C(=O)NC2CC2(C)C)c1N. The Hall–Kier alpha value is -1.52. The molecule has 1 heterocycles. The van der Waals surface area contributed by atoms with Crippen molar-refractivity contribution in [3.05, 3.63) is 11.8 Å². The van der Waals surface area contributed by atoms with Crippen LogP contribution in [0.4, 0.5) is 5.82 Å². The molecule has 0 saturated heterocycles. The third-order valence-electron chi connectivity index (χ3n) is 3.05. The molecule has 1 aliphatic carbocycles. The van der Waals surface area contributed by atoms with E-state index in [9.17, 15) is 4.79 Å². The highest BCUT2D eigenvalue weighted by molar-refractivity contribution is 5.98. The summed E-state index contributed by atoms with van der Waals surface area (Å²) in [4.78, 5) is 11.8. The van der Waals surface area contributed by atoms with Crippen molar-refractivity contribution in [1.82, 2.24) is 15.1 Å². The molecule has 5 heteroatoms. The Kier molecular flexibility index (Phi) is 1.99.